The van der Waals surface area contributed by atoms with Crippen LogP contribution in [-0.4, -0.2) is 4.57 Å². The first-order valence-corrected chi connectivity index (χ1v) is 21.3. The van der Waals surface area contributed by atoms with Gasteiger partial charge in [0.05, 0.1) is 31.8 Å². The highest BCUT2D eigenvalue weighted by Crippen LogP contribution is 2.49. The Labute approximate surface area is 343 Å². The molecule has 2 nitrogen and oxygen atoms in total. The van der Waals surface area contributed by atoms with Gasteiger partial charge in [0.1, 0.15) is 0 Å². The number of hydrogen-bond donors (Lipinski definition) is 0. The summed E-state index contributed by atoms with van der Waals surface area (Å²) >= 11 is 3.75. The second kappa shape index (κ2) is 13.3. The van der Waals surface area contributed by atoms with Gasteiger partial charge in [0.25, 0.3) is 0 Å². The van der Waals surface area contributed by atoms with Crippen molar-refractivity contribution in [1.29, 1.82) is 0 Å². The van der Waals surface area contributed by atoms with E-state index in [1.807, 2.05) is 22.7 Å². The van der Waals surface area contributed by atoms with Gasteiger partial charge in [0.2, 0.25) is 0 Å². The van der Waals surface area contributed by atoms with E-state index in [2.05, 4.69) is 216 Å². The molecule has 0 aliphatic carbocycles. The number of anilines is 3. The van der Waals surface area contributed by atoms with Crippen molar-refractivity contribution in [2.75, 3.05) is 4.90 Å². The summed E-state index contributed by atoms with van der Waals surface area (Å²) in [5.41, 5.74) is 11.9. The Morgan fingerprint density at radius 1 is 0.328 bits per heavy atom. The number of nitrogens with zero attached hydrogens (tertiary/aromatic N) is 2. The van der Waals surface area contributed by atoms with Crippen molar-refractivity contribution in [2.24, 2.45) is 0 Å². The quantitative estimate of drug-likeness (QED) is 0.163. The highest BCUT2D eigenvalue weighted by molar-refractivity contribution is 7.27. The van der Waals surface area contributed by atoms with Crippen LogP contribution in [-0.2, 0) is 0 Å². The van der Waals surface area contributed by atoms with Crippen LogP contribution in [0.25, 0.3) is 90.1 Å². The summed E-state index contributed by atoms with van der Waals surface area (Å²) in [6, 6.07) is 75.5. The van der Waals surface area contributed by atoms with Gasteiger partial charge in [-0.15, -0.1) is 22.7 Å². The molecule has 0 radical (unpaired) electrons. The predicted molar refractivity (Wildman–Crippen MR) is 252 cm³/mol. The smallest absolute Gasteiger partial charge is 0.0640 e. The molecule has 0 unspecified atom stereocenters. The number of para-hydroxylation sites is 2. The SMILES string of the molecule is c1ccc(-n2c3ccccc3c3ccc(-c4ccc(-c5ccc(N(c6cccc7c6sc6ccccc67)c6cccc7c6sc6ccccc67)cc5)cc4)cc32)cc1. The Morgan fingerprint density at radius 2 is 0.793 bits per heavy atom. The summed E-state index contributed by atoms with van der Waals surface area (Å²) in [7, 11) is 0. The normalized spacial score (nSPS) is 11.8. The summed E-state index contributed by atoms with van der Waals surface area (Å²) in [5, 5.41) is 7.74. The maximum absolute atomic E-state index is 2.48. The second-order valence-electron chi connectivity index (χ2n) is 14.9. The molecule has 58 heavy (non-hydrogen) atoms. The number of aromatic nitrogens is 1. The van der Waals surface area contributed by atoms with E-state index in [-0.39, 0.29) is 0 Å². The van der Waals surface area contributed by atoms with Crippen LogP contribution in [0.5, 0.6) is 0 Å². The van der Waals surface area contributed by atoms with E-state index < -0.39 is 0 Å². The molecule has 3 aromatic heterocycles. The van der Waals surface area contributed by atoms with Crippen molar-refractivity contribution in [3.05, 3.63) is 206 Å². The fourth-order valence-corrected chi connectivity index (χ4v) is 11.3. The third-order valence-corrected chi connectivity index (χ3v) is 14.0. The zero-order valence-electron chi connectivity index (χ0n) is 31.3. The van der Waals surface area contributed by atoms with Crippen molar-refractivity contribution < 1.29 is 0 Å². The molecule has 0 atom stereocenters. The van der Waals surface area contributed by atoms with E-state index in [1.165, 1.54) is 101 Å². The maximum Gasteiger partial charge on any atom is 0.0640 e. The third-order valence-electron chi connectivity index (χ3n) is 11.6. The zero-order valence-corrected chi connectivity index (χ0v) is 33.0. The van der Waals surface area contributed by atoms with E-state index in [0.29, 0.717) is 0 Å². The molecule has 272 valence electrons. The number of rotatable bonds is 6. The molecule has 0 saturated carbocycles. The van der Waals surface area contributed by atoms with Gasteiger partial charge in [-0.25, -0.2) is 0 Å². The lowest BCUT2D eigenvalue weighted by atomic mass is 9.99. The molecular weight excluding hydrogens is 741 g/mol. The van der Waals surface area contributed by atoms with Crippen LogP contribution in [0.4, 0.5) is 17.1 Å². The first-order valence-electron chi connectivity index (χ1n) is 19.7. The van der Waals surface area contributed by atoms with Gasteiger partial charge in [-0.1, -0.05) is 146 Å². The topological polar surface area (TPSA) is 8.17 Å². The van der Waals surface area contributed by atoms with E-state index >= 15 is 0 Å². The Kier molecular flexibility index (Phi) is 7.62. The van der Waals surface area contributed by atoms with E-state index in [9.17, 15) is 0 Å². The molecule has 12 rings (SSSR count). The molecule has 0 amide bonds. The number of hydrogen-bond acceptors (Lipinski definition) is 3. The molecule has 4 heteroatoms. The van der Waals surface area contributed by atoms with Gasteiger partial charge < -0.3 is 9.47 Å². The number of fused-ring (bicyclic) bond motifs is 9. The van der Waals surface area contributed by atoms with Crippen LogP contribution < -0.4 is 4.90 Å². The van der Waals surface area contributed by atoms with Gasteiger partial charge in [-0.2, -0.15) is 0 Å². The minimum atomic E-state index is 1.14. The average molecular weight is 775 g/mol. The van der Waals surface area contributed by atoms with Gasteiger partial charge in [0, 0.05) is 53.1 Å². The highest BCUT2D eigenvalue weighted by Gasteiger charge is 2.21. The van der Waals surface area contributed by atoms with Gasteiger partial charge >= 0.3 is 0 Å². The lowest BCUT2D eigenvalue weighted by Crippen LogP contribution is -2.10. The summed E-state index contributed by atoms with van der Waals surface area (Å²) in [4.78, 5) is 2.48. The molecule has 0 aliphatic heterocycles. The minimum Gasteiger partial charge on any atom is -0.309 e. The van der Waals surface area contributed by atoms with E-state index in [0.717, 1.165) is 5.69 Å². The molecule has 0 spiro atoms. The van der Waals surface area contributed by atoms with Crippen molar-refractivity contribution >= 4 is 102 Å². The molecule has 12 aromatic rings. The molecule has 0 fully saturated rings. The summed E-state index contributed by atoms with van der Waals surface area (Å²) < 4.78 is 7.59. The summed E-state index contributed by atoms with van der Waals surface area (Å²) in [6.07, 6.45) is 0. The molecule has 3 heterocycles. The second-order valence-corrected chi connectivity index (χ2v) is 17.0. The zero-order chi connectivity index (χ0) is 38.2. The van der Waals surface area contributed by atoms with Crippen molar-refractivity contribution in [3.8, 4) is 27.9 Å². The minimum absolute atomic E-state index is 1.14. The molecule has 0 N–H and O–H groups in total. The summed E-state index contributed by atoms with van der Waals surface area (Å²) in [6.45, 7) is 0. The molecule has 0 saturated heterocycles. The first kappa shape index (κ1) is 33.2. The van der Waals surface area contributed by atoms with Gasteiger partial charge in [-0.05, 0) is 82.9 Å². The lowest BCUT2D eigenvalue weighted by molar-refractivity contribution is 1.18. The van der Waals surface area contributed by atoms with Crippen LogP contribution in [0.3, 0.4) is 0 Å². The van der Waals surface area contributed by atoms with Crippen LogP contribution >= 0.6 is 22.7 Å². The van der Waals surface area contributed by atoms with Crippen LogP contribution in [0.15, 0.2) is 206 Å². The van der Waals surface area contributed by atoms with Crippen molar-refractivity contribution in [1.82, 2.24) is 4.57 Å². The first-order chi connectivity index (χ1) is 28.8. The number of thiophene rings is 2. The van der Waals surface area contributed by atoms with Crippen molar-refractivity contribution in [2.45, 2.75) is 0 Å². The largest absolute Gasteiger partial charge is 0.309 e. The Balaban J connectivity index is 0.945. The maximum atomic E-state index is 2.48. The monoisotopic (exact) mass is 774 g/mol. The Hall–Kier alpha value is -6.98. The molecule has 9 aromatic carbocycles. The third kappa shape index (κ3) is 5.23. The predicted octanol–water partition coefficient (Wildman–Crippen LogP) is 16.3. The van der Waals surface area contributed by atoms with Gasteiger partial charge in [0.15, 0.2) is 0 Å². The Morgan fingerprint density at radius 3 is 1.41 bits per heavy atom. The van der Waals surface area contributed by atoms with Gasteiger partial charge in [-0.3, -0.25) is 0 Å². The standard InChI is InChI=1S/C54H34N2S2/c1-2-12-39(13-3-1)55-47-19-7-4-14-41(47)42-33-30-38(34-50(42)55)37-26-24-35(25-27-37)36-28-31-40(32-29-36)56(48-20-10-17-45-43-15-5-8-22-51(43)57-53(45)48)49-21-11-18-46-44-16-6-9-23-52(44)58-54(46)49/h1-34H. The van der Waals surface area contributed by atoms with Crippen LogP contribution in [0.2, 0.25) is 0 Å². The Bertz CT molecular complexity index is 3390. The fraction of sp³-hybridized carbons (Fsp3) is 0. The lowest BCUT2D eigenvalue weighted by Gasteiger charge is -2.27. The van der Waals surface area contributed by atoms with Crippen molar-refractivity contribution in [3.63, 3.8) is 0 Å². The van der Waals surface area contributed by atoms with Crippen LogP contribution in [0, 0.1) is 0 Å². The van der Waals surface area contributed by atoms with Crippen LogP contribution in [0.1, 0.15) is 0 Å². The molecule has 0 bridgehead atoms. The molecule has 0 aliphatic rings. The van der Waals surface area contributed by atoms with E-state index in [1.54, 1.807) is 0 Å². The van der Waals surface area contributed by atoms with E-state index in [4.69, 9.17) is 0 Å². The number of benzene rings is 9. The fourth-order valence-electron chi connectivity index (χ4n) is 8.89. The highest BCUT2D eigenvalue weighted by atomic mass is 32.1. The summed E-state index contributed by atoms with van der Waals surface area (Å²) in [5.74, 6) is 0. The average Bonchev–Trinajstić information content (AvgIpc) is 3.97. The molecular formula is C54H34N2S2.